The molecule has 1 saturated heterocycles. The first-order chi connectivity index (χ1) is 17.7. The molecule has 3 aliphatic rings. The number of nitrogens with two attached hydrogens (primary N) is 1. The summed E-state index contributed by atoms with van der Waals surface area (Å²) in [7, 11) is 0. The van der Waals surface area contributed by atoms with Gasteiger partial charge in [0.2, 0.25) is 11.8 Å². The zero-order chi connectivity index (χ0) is 26.0. The van der Waals surface area contributed by atoms with Crippen molar-refractivity contribution < 1.29 is 28.6 Å². The topological polar surface area (TPSA) is 144 Å². The van der Waals surface area contributed by atoms with Gasteiger partial charge in [-0.1, -0.05) is 0 Å². The Hall–Kier alpha value is -3.90. The van der Waals surface area contributed by atoms with Crippen molar-refractivity contribution >= 4 is 51.9 Å². The van der Waals surface area contributed by atoms with Crippen LogP contribution in [0.25, 0.3) is 10.9 Å². The Balaban J connectivity index is 1.30. The van der Waals surface area contributed by atoms with Gasteiger partial charge in [0.1, 0.15) is 18.0 Å². The second-order valence-corrected chi connectivity index (χ2v) is 10.3. The van der Waals surface area contributed by atoms with Gasteiger partial charge in [0.25, 0.3) is 5.56 Å². The van der Waals surface area contributed by atoms with Gasteiger partial charge in [0, 0.05) is 34.7 Å². The first-order valence-corrected chi connectivity index (χ1v) is 12.6. The van der Waals surface area contributed by atoms with E-state index >= 15 is 4.39 Å². The van der Waals surface area contributed by atoms with Gasteiger partial charge < -0.3 is 25.5 Å². The molecule has 12 heteroatoms. The molecule has 4 N–H and O–H groups in total. The quantitative estimate of drug-likeness (QED) is 0.461. The van der Waals surface area contributed by atoms with Crippen molar-refractivity contribution in [3.05, 3.63) is 64.2 Å². The normalized spacial score (nSPS) is 21.9. The smallest absolute Gasteiger partial charge is 0.414 e. The number of anilines is 2. The fourth-order valence-electron chi connectivity index (χ4n) is 5.46. The molecule has 1 aromatic heterocycles. The number of rotatable bonds is 5. The van der Waals surface area contributed by atoms with E-state index in [4.69, 9.17) is 10.5 Å². The highest BCUT2D eigenvalue weighted by molar-refractivity contribution is 8.00. The number of benzene rings is 2. The number of halogens is 1. The van der Waals surface area contributed by atoms with Crippen LogP contribution in [0.1, 0.15) is 11.5 Å². The van der Waals surface area contributed by atoms with Crippen molar-refractivity contribution in [3.63, 3.8) is 0 Å². The number of carbonyl (C=O) groups excluding carboxylic acids is 3. The van der Waals surface area contributed by atoms with E-state index in [9.17, 15) is 24.3 Å². The third kappa shape index (κ3) is 3.75. The summed E-state index contributed by atoms with van der Waals surface area (Å²) >= 11 is 1.38. The largest absolute Gasteiger partial charge is 0.441 e. The first kappa shape index (κ1) is 23.5. The maximum absolute atomic E-state index is 15.0. The number of cyclic esters (lactones) is 1. The minimum absolute atomic E-state index is 0.0519. The third-order valence-electron chi connectivity index (χ3n) is 7.14. The van der Waals surface area contributed by atoms with Crippen LogP contribution in [0.2, 0.25) is 0 Å². The second kappa shape index (κ2) is 8.60. The highest BCUT2D eigenvalue weighted by Crippen LogP contribution is 2.42. The van der Waals surface area contributed by atoms with Gasteiger partial charge in [-0.05, 0) is 41.8 Å². The lowest BCUT2D eigenvalue weighted by atomic mass is 9.80. The first-order valence-electron chi connectivity index (χ1n) is 11.6. The number of pyridine rings is 1. The van der Waals surface area contributed by atoms with E-state index < -0.39 is 41.9 Å². The fraction of sp³-hybridized carbons (Fsp3) is 0.280. The van der Waals surface area contributed by atoms with Crippen LogP contribution in [0.5, 0.6) is 0 Å². The number of fused-ring (bicyclic) bond motifs is 1. The van der Waals surface area contributed by atoms with Gasteiger partial charge >= 0.3 is 6.09 Å². The summed E-state index contributed by atoms with van der Waals surface area (Å²) in [5.41, 5.74) is 6.81. The molecule has 1 fully saturated rings. The lowest BCUT2D eigenvalue weighted by molar-refractivity contribution is -0.129. The molecule has 3 aliphatic heterocycles. The van der Waals surface area contributed by atoms with Gasteiger partial charge in [-0.2, -0.15) is 0 Å². The van der Waals surface area contributed by atoms with Crippen molar-refractivity contribution in [1.29, 1.82) is 0 Å². The Morgan fingerprint density at radius 2 is 1.95 bits per heavy atom. The number of aliphatic hydroxyl groups is 1. The molecule has 2 aromatic carbocycles. The molecule has 2 unspecified atom stereocenters. The Morgan fingerprint density at radius 1 is 1.16 bits per heavy atom. The van der Waals surface area contributed by atoms with Crippen molar-refractivity contribution in [3.8, 4) is 0 Å². The Bertz CT molecular complexity index is 1560. The standard InChI is InChI=1S/C25H21FN4O6S/c26-14-4-1-11-2-6-19(32)30-8-13(20(14)22(11)30)21(24(27)34)23(33)16-9-29(25(35)36-16)12-3-5-17-15(7-12)28-18(31)10-37-17/h1-7,13,16,21,23,33H,8-10H2,(H2,27,34)(H,28,31)/t13-,16+,21?,23?/m1/s1. The van der Waals surface area contributed by atoms with Gasteiger partial charge in [-0.15, -0.1) is 11.8 Å². The van der Waals surface area contributed by atoms with Crippen LogP contribution in [0.15, 0.2) is 52.2 Å². The van der Waals surface area contributed by atoms with Crippen molar-refractivity contribution in [2.45, 2.75) is 29.6 Å². The third-order valence-corrected chi connectivity index (χ3v) is 8.21. The van der Waals surface area contributed by atoms with E-state index in [-0.39, 0.29) is 30.1 Å². The van der Waals surface area contributed by atoms with Gasteiger partial charge in [-0.3, -0.25) is 19.3 Å². The highest BCUT2D eigenvalue weighted by atomic mass is 32.2. The molecule has 6 rings (SSSR count). The van der Waals surface area contributed by atoms with Crippen LogP contribution in [0.4, 0.5) is 20.6 Å². The summed E-state index contributed by atoms with van der Waals surface area (Å²) in [4.78, 5) is 51.8. The van der Waals surface area contributed by atoms with Crippen LogP contribution in [0.3, 0.4) is 0 Å². The highest BCUT2D eigenvalue weighted by Gasteiger charge is 2.47. The number of ether oxygens (including phenoxy) is 1. The number of aromatic nitrogens is 1. The van der Waals surface area contributed by atoms with E-state index in [1.54, 1.807) is 30.3 Å². The molecule has 0 radical (unpaired) electrons. The Morgan fingerprint density at radius 3 is 2.73 bits per heavy atom. The van der Waals surface area contributed by atoms with Gasteiger partial charge in [0.15, 0.2) is 0 Å². The number of thioether (sulfide) groups is 1. The molecular weight excluding hydrogens is 503 g/mol. The molecule has 0 saturated carbocycles. The number of amides is 3. The van der Waals surface area contributed by atoms with Crippen molar-refractivity contribution in [2.24, 2.45) is 11.7 Å². The van der Waals surface area contributed by atoms with Crippen LogP contribution >= 0.6 is 11.8 Å². The number of carbonyl (C=O) groups is 3. The average molecular weight is 525 g/mol. The molecule has 10 nitrogen and oxygen atoms in total. The Labute approximate surface area is 213 Å². The number of primary amides is 1. The monoisotopic (exact) mass is 524 g/mol. The number of aliphatic hydroxyl groups excluding tert-OH is 1. The molecule has 0 bridgehead atoms. The molecule has 4 heterocycles. The number of nitrogens with one attached hydrogen (secondary N) is 1. The van der Waals surface area contributed by atoms with Crippen LogP contribution in [-0.2, 0) is 20.9 Å². The van der Waals surface area contributed by atoms with Crippen LogP contribution in [0, 0.1) is 11.7 Å². The zero-order valence-electron chi connectivity index (χ0n) is 19.2. The average Bonchev–Trinajstić information content (AvgIpc) is 3.45. The maximum atomic E-state index is 15.0. The second-order valence-electron chi connectivity index (χ2n) is 9.26. The van der Waals surface area contributed by atoms with Crippen molar-refractivity contribution in [2.75, 3.05) is 22.5 Å². The minimum Gasteiger partial charge on any atom is -0.441 e. The maximum Gasteiger partial charge on any atom is 0.414 e. The number of hydrogen-bond donors (Lipinski definition) is 3. The molecular formula is C25H21FN4O6S. The number of nitrogens with zero attached hydrogens (tertiary/aromatic N) is 2. The van der Waals surface area contributed by atoms with Gasteiger partial charge in [-0.25, -0.2) is 9.18 Å². The predicted molar refractivity (Wildman–Crippen MR) is 133 cm³/mol. The molecule has 190 valence electrons. The van der Waals surface area contributed by atoms with E-state index in [0.29, 0.717) is 28.0 Å². The van der Waals surface area contributed by atoms with E-state index in [1.807, 2.05) is 0 Å². The summed E-state index contributed by atoms with van der Waals surface area (Å²) in [5.74, 6) is -3.65. The summed E-state index contributed by atoms with van der Waals surface area (Å²) in [5, 5.41) is 14.6. The van der Waals surface area contributed by atoms with E-state index in [0.717, 1.165) is 4.90 Å². The molecule has 0 spiro atoms. The lowest BCUT2D eigenvalue weighted by Gasteiger charge is -2.28. The van der Waals surface area contributed by atoms with Crippen LogP contribution in [-0.4, -0.2) is 52.1 Å². The van der Waals surface area contributed by atoms with Crippen LogP contribution < -0.4 is 21.5 Å². The van der Waals surface area contributed by atoms with Gasteiger partial charge in [0.05, 0.1) is 29.4 Å². The molecule has 3 aromatic rings. The van der Waals surface area contributed by atoms with Crippen molar-refractivity contribution in [1.82, 2.24) is 4.57 Å². The molecule has 0 aliphatic carbocycles. The summed E-state index contributed by atoms with van der Waals surface area (Å²) < 4.78 is 21.8. The summed E-state index contributed by atoms with van der Waals surface area (Å²) in [6.07, 6.45) is -3.46. The number of hydrogen-bond acceptors (Lipinski definition) is 7. The zero-order valence-corrected chi connectivity index (χ0v) is 20.0. The van der Waals surface area contributed by atoms with E-state index in [1.165, 1.54) is 33.4 Å². The molecule has 37 heavy (non-hydrogen) atoms. The Kier molecular flexibility index (Phi) is 5.46. The van der Waals surface area contributed by atoms with E-state index in [2.05, 4.69) is 5.32 Å². The summed E-state index contributed by atoms with van der Waals surface area (Å²) in [6, 6.07) is 10.8. The SMILES string of the molecule is NC(=O)C(C(O)[C@@H]1CN(c2ccc3c(c2)NC(=O)CS3)C(=O)O1)[C@@H]1Cn2c(=O)ccc3ccc(F)c1c32. The molecule has 4 atom stereocenters. The molecule has 3 amide bonds. The fourth-order valence-corrected chi connectivity index (χ4v) is 6.25. The summed E-state index contributed by atoms with van der Waals surface area (Å²) in [6.45, 7) is -0.153. The predicted octanol–water partition coefficient (Wildman–Crippen LogP) is 1.77. The lowest BCUT2D eigenvalue weighted by Crippen LogP contribution is -2.46. The minimum atomic E-state index is -1.57.